The minimum Gasteiger partial charge on any atom is -0.348 e. The second kappa shape index (κ2) is 6.83. The SMILES string of the molecule is Cc1nc2ccccc2n1CC(=O)N[C@H](C)c1ccc(Cl)cc1Cl. The van der Waals surface area contributed by atoms with Crippen LogP contribution >= 0.6 is 23.2 Å². The number of nitrogens with one attached hydrogen (secondary N) is 1. The molecule has 1 N–H and O–H groups in total. The van der Waals surface area contributed by atoms with E-state index in [-0.39, 0.29) is 18.5 Å². The van der Waals surface area contributed by atoms with E-state index in [9.17, 15) is 4.79 Å². The molecular weight excluding hydrogens is 345 g/mol. The first kappa shape index (κ1) is 16.8. The van der Waals surface area contributed by atoms with Crippen LogP contribution in [0.15, 0.2) is 42.5 Å². The predicted octanol–water partition coefficient (Wildman–Crippen LogP) is 4.53. The molecule has 1 amide bonds. The molecule has 3 rings (SSSR count). The summed E-state index contributed by atoms with van der Waals surface area (Å²) in [5.74, 6) is 0.711. The first-order valence-electron chi connectivity index (χ1n) is 7.62. The van der Waals surface area contributed by atoms with Crippen molar-refractivity contribution in [3.8, 4) is 0 Å². The zero-order chi connectivity index (χ0) is 17.3. The van der Waals surface area contributed by atoms with Gasteiger partial charge in [-0.15, -0.1) is 0 Å². The summed E-state index contributed by atoms with van der Waals surface area (Å²) in [5.41, 5.74) is 2.67. The lowest BCUT2D eigenvalue weighted by atomic mass is 10.1. The van der Waals surface area contributed by atoms with Crippen molar-refractivity contribution < 1.29 is 4.79 Å². The number of aromatic nitrogens is 2. The van der Waals surface area contributed by atoms with Crippen molar-refractivity contribution in [2.75, 3.05) is 0 Å². The first-order chi connectivity index (χ1) is 11.5. The summed E-state index contributed by atoms with van der Waals surface area (Å²) in [6.07, 6.45) is 0. The minimum absolute atomic E-state index is 0.0974. The number of benzene rings is 2. The number of carbonyl (C=O) groups excluding carboxylic acids is 1. The van der Waals surface area contributed by atoms with E-state index >= 15 is 0 Å². The number of nitrogens with zero attached hydrogens (tertiary/aromatic N) is 2. The number of para-hydroxylation sites is 2. The Bertz CT molecular complexity index is 904. The maximum atomic E-state index is 12.4. The van der Waals surface area contributed by atoms with Gasteiger partial charge in [-0.1, -0.05) is 41.4 Å². The fraction of sp³-hybridized carbons (Fsp3) is 0.222. The lowest BCUT2D eigenvalue weighted by Crippen LogP contribution is -2.30. The molecule has 2 aromatic carbocycles. The molecule has 4 nitrogen and oxygen atoms in total. The van der Waals surface area contributed by atoms with Gasteiger partial charge in [0.15, 0.2) is 0 Å². The van der Waals surface area contributed by atoms with Crippen molar-refractivity contribution in [3.63, 3.8) is 0 Å². The summed E-state index contributed by atoms with van der Waals surface area (Å²) in [4.78, 5) is 16.9. The Kier molecular flexibility index (Phi) is 4.78. The minimum atomic E-state index is -0.211. The van der Waals surface area contributed by atoms with Crippen LogP contribution in [-0.2, 0) is 11.3 Å². The standard InChI is InChI=1S/C18H17Cl2N3O/c1-11(14-8-7-13(19)9-15(14)20)21-18(24)10-23-12(2)22-16-5-3-4-6-17(16)23/h3-9,11H,10H2,1-2H3,(H,21,24)/t11-/m1/s1. The number of imidazole rings is 1. The summed E-state index contributed by atoms with van der Waals surface area (Å²) in [6, 6.07) is 12.8. The highest BCUT2D eigenvalue weighted by Crippen LogP contribution is 2.26. The van der Waals surface area contributed by atoms with Gasteiger partial charge in [0.05, 0.1) is 17.1 Å². The molecule has 3 aromatic rings. The zero-order valence-electron chi connectivity index (χ0n) is 13.4. The van der Waals surface area contributed by atoms with Crippen molar-refractivity contribution in [3.05, 3.63) is 63.9 Å². The monoisotopic (exact) mass is 361 g/mol. The van der Waals surface area contributed by atoms with Crippen LogP contribution in [0, 0.1) is 6.92 Å². The molecule has 0 aliphatic heterocycles. The first-order valence-corrected chi connectivity index (χ1v) is 8.37. The summed E-state index contributed by atoms with van der Waals surface area (Å²) < 4.78 is 1.90. The highest BCUT2D eigenvalue weighted by molar-refractivity contribution is 6.35. The van der Waals surface area contributed by atoms with Crippen LogP contribution in [0.25, 0.3) is 11.0 Å². The van der Waals surface area contributed by atoms with Crippen molar-refractivity contribution in [2.45, 2.75) is 26.4 Å². The average molecular weight is 362 g/mol. The van der Waals surface area contributed by atoms with E-state index in [0.29, 0.717) is 10.0 Å². The molecule has 1 heterocycles. The van der Waals surface area contributed by atoms with Gasteiger partial charge in [-0.25, -0.2) is 4.98 Å². The Hall–Kier alpha value is -2.04. The van der Waals surface area contributed by atoms with Gasteiger partial charge in [0.25, 0.3) is 0 Å². The Labute approximate surface area is 150 Å². The molecule has 124 valence electrons. The fourth-order valence-electron chi connectivity index (χ4n) is 2.76. The molecule has 1 atom stereocenters. The number of amides is 1. The highest BCUT2D eigenvalue weighted by Gasteiger charge is 2.15. The maximum Gasteiger partial charge on any atom is 0.240 e. The largest absolute Gasteiger partial charge is 0.348 e. The van der Waals surface area contributed by atoms with Crippen LogP contribution in [0.4, 0.5) is 0 Å². The second-order valence-corrected chi connectivity index (χ2v) is 6.53. The number of carbonyl (C=O) groups is 1. The number of fused-ring (bicyclic) bond motifs is 1. The van der Waals surface area contributed by atoms with E-state index in [1.807, 2.05) is 48.7 Å². The normalized spacial score (nSPS) is 12.3. The van der Waals surface area contributed by atoms with E-state index in [2.05, 4.69) is 10.3 Å². The predicted molar refractivity (Wildman–Crippen MR) is 97.5 cm³/mol. The van der Waals surface area contributed by atoms with Crippen molar-refractivity contribution in [1.29, 1.82) is 0 Å². The number of aryl methyl sites for hydroxylation is 1. The molecule has 0 unspecified atom stereocenters. The van der Waals surface area contributed by atoms with Crippen molar-refractivity contribution in [1.82, 2.24) is 14.9 Å². The zero-order valence-corrected chi connectivity index (χ0v) is 14.9. The second-order valence-electron chi connectivity index (χ2n) is 5.69. The molecule has 0 saturated heterocycles. The van der Waals surface area contributed by atoms with Crippen LogP contribution in [0.5, 0.6) is 0 Å². The van der Waals surface area contributed by atoms with Gasteiger partial charge in [-0.05, 0) is 43.7 Å². The number of rotatable bonds is 4. The quantitative estimate of drug-likeness (QED) is 0.741. The average Bonchev–Trinajstić information content (AvgIpc) is 2.83. The highest BCUT2D eigenvalue weighted by atomic mass is 35.5. The third-order valence-corrected chi connectivity index (χ3v) is 4.52. The summed E-state index contributed by atoms with van der Waals surface area (Å²) in [6.45, 7) is 4.00. The molecule has 0 aliphatic carbocycles. The van der Waals surface area contributed by atoms with E-state index in [0.717, 1.165) is 22.4 Å². The van der Waals surface area contributed by atoms with Crippen LogP contribution in [0.2, 0.25) is 10.0 Å². The smallest absolute Gasteiger partial charge is 0.240 e. The van der Waals surface area contributed by atoms with Gasteiger partial charge in [0.1, 0.15) is 12.4 Å². The molecule has 24 heavy (non-hydrogen) atoms. The maximum absolute atomic E-state index is 12.4. The molecular formula is C18H17Cl2N3O. The molecule has 0 spiro atoms. The fourth-order valence-corrected chi connectivity index (χ4v) is 3.33. The molecule has 6 heteroatoms. The molecule has 0 bridgehead atoms. The van der Waals surface area contributed by atoms with Gasteiger partial charge >= 0.3 is 0 Å². The van der Waals surface area contributed by atoms with Crippen molar-refractivity contribution in [2.24, 2.45) is 0 Å². The van der Waals surface area contributed by atoms with Crippen LogP contribution in [-0.4, -0.2) is 15.5 Å². The third kappa shape index (κ3) is 3.40. The van der Waals surface area contributed by atoms with Gasteiger partial charge in [-0.3, -0.25) is 4.79 Å². The summed E-state index contributed by atoms with van der Waals surface area (Å²) in [7, 11) is 0. The Morgan fingerprint density at radius 3 is 2.75 bits per heavy atom. The van der Waals surface area contributed by atoms with Crippen molar-refractivity contribution >= 4 is 40.1 Å². The molecule has 0 saturated carbocycles. The van der Waals surface area contributed by atoms with Gasteiger partial charge < -0.3 is 9.88 Å². The van der Waals surface area contributed by atoms with Crippen LogP contribution in [0.3, 0.4) is 0 Å². The molecule has 0 radical (unpaired) electrons. The number of halogens is 2. The Balaban J connectivity index is 1.76. The number of hydrogen-bond donors (Lipinski definition) is 1. The Morgan fingerprint density at radius 2 is 2.00 bits per heavy atom. The van der Waals surface area contributed by atoms with Gasteiger partial charge in [-0.2, -0.15) is 0 Å². The van der Waals surface area contributed by atoms with Crippen LogP contribution < -0.4 is 5.32 Å². The third-order valence-electron chi connectivity index (χ3n) is 3.95. The topological polar surface area (TPSA) is 46.9 Å². The Morgan fingerprint density at radius 1 is 1.25 bits per heavy atom. The van der Waals surface area contributed by atoms with E-state index in [1.165, 1.54) is 0 Å². The van der Waals surface area contributed by atoms with E-state index in [1.54, 1.807) is 12.1 Å². The van der Waals surface area contributed by atoms with Gasteiger partial charge in [0.2, 0.25) is 5.91 Å². The van der Waals surface area contributed by atoms with E-state index < -0.39 is 0 Å². The lowest BCUT2D eigenvalue weighted by Gasteiger charge is -2.16. The molecule has 1 aromatic heterocycles. The number of hydrogen-bond acceptors (Lipinski definition) is 2. The summed E-state index contributed by atoms with van der Waals surface area (Å²) in [5, 5.41) is 4.08. The van der Waals surface area contributed by atoms with Crippen LogP contribution in [0.1, 0.15) is 24.4 Å². The van der Waals surface area contributed by atoms with E-state index in [4.69, 9.17) is 23.2 Å². The molecule has 0 aliphatic rings. The summed E-state index contributed by atoms with van der Waals surface area (Å²) >= 11 is 12.1. The lowest BCUT2D eigenvalue weighted by molar-refractivity contribution is -0.122. The van der Waals surface area contributed by atoms with Gasteiger partial charge in [0, 0.05) is 10.0 Å². The molecule has 0 fully saturated rings.